The molecule has 0 saturated carbocycles. The molecule has 8 nitrogen and oxygen atoms in total. The Labute approximate surface area is 207 Å². The van der Waals surface area contributed by atoms with Crippen LogP contribution in [0.5, 0.6) is 11.5 Å². The molecule has 1 aliphatic rings. The molecule has 5 rings (SSSR count). The Morgan fingerprint density at radius 1 is 1.08 bits per heavy atom. The number of benzene rings is 3. The number of aromatic nitrogens is 3. The highest BCUT2D eigenvalue weighted by molar-refractivity contribution is 6.06. The van der Waals surface area contributed by atoms with E-state index in [-0.39, 0.29) is 18.3 Å². The molecule has 1 amide bonds. The smallest absolute Gasteiger partial charge is 0.255 e. The number of amides is 1. The van der Waals surface area contributed by atoms with Crippen LogP contribution in [-0.2, 0) is 11.4 Å². The van der Waals surface area contributed by atoms with Crippen molar-refractivity contribution in [3.05, 3.63) is 107 Å². The minimum absolute atomic E-state index is 0.109. The Hall–Kier alpha value is -4.66. The molecule has 0 saturated heterocycles. The molecular weight excluding hydrogens is 461 g/mol. The van der Waals surface area contributed by atoms with Gasteiger partial charge < -0.3 is 20.1 Å². The maximum atomic E-state index is 13.9. The van der Waals surface area contributed by atoms with Crippen LogP contribution in [-0.4, -0.2) is 27.8 Å². The van der Waals surface area contributed by atoms with Gasteiger partial charge in [-0.1, -0.05) is 42.5 Å². The van der Waals surface area contributed by atoms with Crippen molar-refractivity contribution in [1.82, 2.24) is 14.8 Å². The van der Waals surface area contributed by atoms with Crippen LogP contribution < -0.4 is 20.1 Å². The maximum Gasteiger partial charge on any atom is 0.255 e. The second-order valence-electron chi connectivity index (χ2n) is 8.20. The highest BCUT2D eigenvalue weighted by Gasteiger charge is 2.33. The normalized spacial score (nSPS) is 14.6. The molecule has 0 aliphatic carbocycles. The molecule has 0 radical (unpaired) electrons. The van der Waals surface area contributed by atoms with Crippen molar-refractivity contribution in [1.29, 1.82) is 0 Å². The van der Waals surface area contributed by atoms with Crippen LogP contribution in [0.4, 0.5) is 16.0 Å². The zero-order chi connectivity index (χ0) is 25.1. The van der Waals surface area contributed by atoms with Gasteiger partial charge in [-0.3, -0.25) is 4.79 Å². The van der Waals surface area contributed by atoms with Gasteiger partial charge in [-0.05, 0) is 42.8 Å². The SMILES string of the molecule is COc1ccccc1NC(=O)C1=C(C)Nc2ncnn2[C@@H]1c1ccc(OCc2ccccc2F)cc1. The van der Waals surface area contributed by atoms with E-state index >= 15 is 0 Å². The Balaban J connectivity index is 1.42. The van der Waals surface area contributed by atoms with E-state index in [2.05, 4.69) is 20.7 Å². The number of ether oxygens (including phenoxy) is 2. The van der Waals surface area contributed by atoms with Crippen LogP contribution in [0.25, 0.3) is 0 Å². The number of hydrogen-bond donors (Lipinski definition) is 2. The molecule has 1 aromatic heterocycles. The number of allylic oxidation sites excluding steroid dienone is 1. The third-order valence-electron chi connectivity index (χ3n) is 5.94. The fourth-order valence-corrected chi connectivity index (χ4v) is 4.15. The summed E-state index contributed by atoms with van der Waals surface area (Å²) in [5.41, 5.74) is 2.99. The van der Waals surface area contributed by atoms with Gasteiger partial charge in [0.15, 0.2) is 0 Å². The van der Waals surface area contributed by atoms with Crippen molar-refractivity contribution in [2.45, 2.75) is 19.6 Å². The monoisotopic (exact) mass is 485 g/mol. The molecule has 0 fully saturated rings. The fourth-order valence-electron chi connectivity index (χ4n) is 4.15. The van der Waals surface area contributed by atoms with E-state index < -0.39 is 6.04 Å². The number of para-hydroxylation sites is 2. The number of fused-ring (bicyclic) bond motifs is 1. The standard InChI is InChI=1S/C27H24FN5O3/c1-17-24(26(34)32-22-9-5-6-10-23(22)35-2)25(33-27(31-17)29-16-30-33)18-11-13-20(14-12-18)36-15-19-7-3-4-8-21(19)28/h3-14,16,25H,15H2,1-2H3,(H,32,34)(H,29,30,31)/t25-/m1/s1. The van der Waals surface area contributed by atoms with Gasteiger partial charge in [0.1, 0.15) is 36.3 Å². The van der Waals surface area contributed by atoms with E-state index in [4.69, 9.17) is 9.47 Å². The number of carbonyl (C=O) groups excluding carboxylic acids is 1. The highest BCUT2D eigenvalue weighted by atomic mass is 19.1. The predicted octanol–water partition coefficient (Wildman–Crippen LogP) is 4.93. The number of nitrogens with one attached hydrogen (secondary N) is 2. The van der Waals surface area contributed by atoms with Gasteiger partial charge in [0.05, 0.1) is 18.4 Å². The molecule has 2 heterocycles. The number of halogens is 1. The molecule has 1 aliphatic heterocycles. The second kappa shape index (κ2) is 9.91. The van der Waals surface area contributed by atoms with Crippen LogP contribution in [0, 0.1) is 5.82 Å². The molecule has 0 bridgehead atoms. The first kappa shape index (κ1) is 23.1. The number of rotatable bonds is 7. The first-order valence-corrected chi connectivity index (χ1v) is 11.3. The summed E-state index contributed by atoms with van der Waals surface area (Å²) in [6.07, 6.45) is 1.44. The second-order valence-corrected chi connectivity index (χ2v) is 8.20. The van der Waals surface area contributed by atoms with Gasteiger partial charge >= 0.3 is 0 Å². The number of carbonyl (C=O) groups is 1. The summed E-state index contributed by atoms with van der Waals surface area (Å²) in [4.78, 5) is 17.8. The highest BCUT2D eigenvalue weighted by Crippen LogP contribution is 2.36. The van der Waals surface area contributed by atoms with Crippen molar-refractivity contribution in [2.24, 2.45) is 0 Å². The Morgan fingerprint density at radius 3 is 2.61 bits per heavy atom. The minimum atomic E-state index is -0.529. The third kappa shape index (κ3) is 4.50. The van der Waals surface area contributed by atoms with Gasteiger partial charge in [0.25, 0.3) is 5.91 Å². The molecule has 36 heavy (non-hydrogen) atoms. The Kier molecular flexibility index (Phi) is 6.36. The lowest BCUT2D eigenvalue weighted by molar-refractivity contribution is -0.113. The van der Waals surface area contributed by atoms with Crippen molar-refractivity contribution in [3.63, 3.8) is 0 Å². The number of methoxy groups -OCH3 is 1. The molecule has 9 heteroatoms. The number of anilines is 2. The zero-order valence-corrected chi connectivity index (χ0v) is 19.7. The molecule has 0 spiro atoms. The average molecular weight is 486 g/mol. The minimum Gasteiger partial charge on any atom is -0.495 e. The fraction of sp³-hybridized carbons (Fsp3) is 0.148. The van der Waals surface area contributed by atoms with E-state index in [0.717, 1.165) is 5.56 Å². The van der Waals surface area contributed by atoms with Crippen LogP contribution in [0.1, 0.15) is 24.1 Å². The summed E-state index contributed by atoms with van der Waals surface area (Å²) in [5, 5.41) is 10.5. The summed E-state index contributed by atoms with van der Waals surface area (Å²) in [6.45, 7) is 1.94. The third-order valence-corrected chi connectivity index (χ3v) is 5.94. The lowest BCUT2D eigenvalue weighted by Gasteiger charge is -2.29. The van der Waals surface area contributed by atoms with Crippen LogP contribution in [0.2, 0.25) is 0 Å². The summed E-state index contributed by atoms with van der Waals surface area (Å²) in [7, 11) is 1.55. The Morgan fingerprint density at radius 2 is 1.83 bits per heavy atom. The van der Waals surface area contributed by atoms with Gasteiger partial charge in [-0.2, -0.15) is 10.1 Å². The van der Waals surface area contributed by atoms with E-state index in [9.17, 15) is 9.18 Å². The first-order valence-electron chi connectivity index (χ1n) is 11.3. The van der Waals surface area contributed by atoms with E-state index in [0.29, 0.717) is 40.0 Å². The van der Waals surface area contributed by atoms with Crippen molar-refractivity contribution in [2.75, 3.05) is 17.7 Å². The summed E-state index contributed by atoms with van der Waals surface area (Å²) in [5.74, 6) is 1.06. The largest absolute Gasteiger partial charge is 0.495 e. The van der Waals surface area contributed by atoms with Gasteiger partial charge in [-0.15, -0.1) is 0 Å². The van der Waals surface area contributed by atoms with Gasteiger partial charge in [0.2, 0.25) is 5.95 Å². The van der Waals surface area contributed by atoms with Gasteiger partial charge in [0, 0.05) is 11.3 Å². The number of hydrogen-bond acceptors (Lipinski definition) is 6. The zero-order valence-electron chi connectivity index (χ0n) is 19.7. The van der Waals surface area contributed by atoms with E-state index in [1.807, 2.05) is 31.2 Å². The topological polar surface area (TPSA) is 90.3 Å². The summed E-state index contributed by atoms with van der Waals surface area (Å²) >= 11 is 0. The Bertz CT molecular complexity index is 1430. The summed E-state index contributed by atoms with van der Waals surface area (Å²) < 4.78 is 26.7. The van der Waals surface area contributed by atoms with Crippen LogP contribution >= 0.6 is 0 Å². The van der Waals surface area contributed by atoms with Crippen molar-refractivity contribution < 1.29 is 18.7 Å². The molecule has 4 aromatic rings. The summed E-state index contributed by atoms with van der Waals surface area (Å²) in [6, 6.07) is 20.5. The molecule has 2 N–H and O–H groups in total. The molecule has 3 aromatic carbocycles. The average Bonchev–Trinajstić information content (AvgIpc) is 3.36. The first-order chi connectivity index (χ1) is 17.5. The number of nitrogens with zero attached hydrogens (tertiary/aromatic N) is 3. The molecule has 1 atom stereocenters. The van der Waals surface area contributed by atoms with E-state index in [1.165, 1.54) is 12.4 Å². The van der Waals surface area contributed by atoms with E-state index in [1.54, 1.807) is 54.3 Å². The lowest BCUT2D eigenvalue weighted by atomic mass is 9.95. The predicted molar refractivity (Wildman–Crippen MR) is 133 cm³/mol. The van der Waals surface area contributed by atoms with Crippen molar-refractivity contribution >= 4 is 17.5 Å². The quantitative estimate of drug-likeness (QED) is 0.386. The van der Waals surface area contributed by atoms with Crippen molar-refractivity contribution in [3.8, 4) is 11.5 Å². The van der Waals surface area contributed by atoms with Crippen LogP contribution in [0.3, 0.4) is 0 Å². The molecular formula is C27H24FN5O3. The lowest BCUT2D eigenvalue weighted by Crippen LogP contribution is -2.31. The maximum absolute atomic E-state index is 13.9. The van der Waals surface area contributed by atoms with Crippen LogP contribution in [0.15, 0.2) is 90.4 Å². The molecule has 182 valence electrons. The van der Waals surface area contributed by atoms with Gasteiger partial charge in [-0.25, -0.2) is 9.07 Å². The molecule has 0 unspecified atom stereocenters.